The molecule has 1 amide bonds. The molecule has 1 aliphatic heterocycles. The molecule has 1 saturated heterocycles. The molecule has 5 nitrogen and oxygen atoms in total. The highest BCUT2D eigenvalue weighted by Gasteiger charge is 2.25. The van der Waals surface area contributed by atoms with Gasteiger partial charge in [0.2, 0.25) is 11.0 Å². The second-order valence-corrected chi connectivity index (χ2v) is 10.2. The van der Waals surface area contributed by atoms with Crippen LogP contribution in [0.15, 0.2) is 54.6 Å². The smallest absolute Gasteiger partial charge is 0.224 e. The van der Waals surface area contributed by atoms with E-state index in [0.717, 1.165) is 55.3 Å². The number of likely N-dealkylation sites (tertiary alicyclic amines) is 1. The van der Waals surface area contributed by atoms with Crippen molar-refractivity contribution in [3.63, 3.8) is 0 Å². The molecule has 2 aromatic carbocycles. The fourth-order valence-corrected chi connectivity index (χ4v) is 5.47. The molecule has 1 unspecified atom stereocenters. The van der Waals surface area contributed by atoms with E-state index in [1.54, 1.807) is 12.1 Å². The predicted octanol–water partition coefficient (Wildman–Crippen LogP) is 5.74. The van der Waals surface area contributed by atoms with Crippen molar-refractivity contribution in [2.24, 2.45) is 5.92 Å². The number of benzene rings is 2. The van der Waals surface area contributed by atoms with Crippen LogP contribution in [0.25, 0.3) is 0 Å². The van der Waals surface area contributed by atoms with E-state index in [0.29, 0.717) is 25.3 Å². The summed E-state index contributed by atoms with van der Waals surface area (Å²) in [6.45, 7) is 6.65. The first-order valence-corrected chi connectivity index (χ1v) is 13.4. The fourth-order valence-electron chi connectivity index (χ4n) is 4.65. The minimum atomic E-state index is -0.242. The molecule has 0 aliphatic carbocycles. The van der Waals surface area contributed by atoms with Crippen molar-refractivity contribution in [1.82, 2.24) is 14.3 Å². The third-order valence-electron chi connectivity index (χ3n) is 7.00. The van der Waals surface area contributed by atoms with Gasteiger partial charge in [0.05, 0.1) is 0 Å². The number of rotatable bonds is 10. The number of hydrogen-bond donors (Lipinski definition) is 0. The molecule has 3 aromatic rings. The third-order valence-corrected chi connectivity index (χ3v) is 7.79. The predicted molar refractivity (Wildman–Crippen MR) is 140 cm³/mol. The summed E-state index contributed by atoms with van der Waals surface area (Å²) in [7, 11) is 0. The Balaban J connectivity index is 1.29. The van der Waals surface area contributed by atoms with Crippen LogP contribution >= 0.6 is 11.5 Å². The van der Waals surface area contributed by atoms with E-state index in [2.05, 4.69) is 53.5 Å². The first-order valence-electron chi connectivity index (χ1n) is 12.7. The lowest BCUT2D eigenvalue weighted by Gasteiger charge is -2.33. The molecule has 0 bridgehead atoms. The number of piperidine rings is 1. The van der Waals surface area contributed by atoms with Crippen molar-refractivity contribution >= 4 is 22.6 Å². The fraction of sp³-hybridized carbons (Fsp3) is 0.464. The molecule has 0 saturated carbocycles. The van der Waals surface area contributed by atoms with Crippen LogP contribution in [-0.4, -0.2) is 45.8 Å². The van der Waals surface area contributed by atoms with Crippen LogP contribution in [0.3, 0.4) is 0 Å². The van der Waals surface area contributed by atoms with Crippen molar-refractivity contribution in [2.45, 2.75) is 58.4 Å². The molecular weight excluding hydrogens is 459 g/mol. The summed E-state index contributed by atoms with van der Waals surface area (Å²) >= 11 is 1.38. The Hall–Kier alpha value is -2.80. The highest BCUT2D eigenvalue weighted by Crippen LogP contribution is 2.25. The van der Waals surface area contributed by atoms with Crippen molar-refractivity contribution in [2.75, 3.05) is 24.5 Å². The lowest BCUT2D eigenvalue weighted by molar-refractivity contribution is -0.132. The summed E-state index contributed by atoms with van der Waals surface area (Å²) < 4.78 is 17.7. The van der Waals surface area contributed by atoms with Crippen LogP contribution < -0.4 is 4.90 Å². The zero-order chi connectivity index (χ0) is 24.6. The summed E-state index contributed by atoms with van der Waals surface area (Å²) in [4.78, 5) is 22.0. The summed E-state index contributed by atoms with van der Waals surface area (Å²) in [5.74, 6) is 1.37. The first kappa shape index (κ1) is 25.3. The number of amides is 1. The molecule has 35 heavy (non-hydrogen) atoms. The van der Waals surface area contributed by atoms with Gasteiger partial charge in [0.1, 0.15) is 11.6 Å². The molecule has 7 heteroatoms. The molecule has 1 fully saturated rings. The third kappa shape index (κ3) is 7.10. The SMILES string of the molecule is CCC(C)N(CCC(=O)N1CCC(Cc2ccccc2)CC1)c1nc(Cc2ccc(F)cc2)ns1. The van der Waals surface area contributed by atoms with E-state index >= 15 is 0 Å². The van der Waals surface area contributed by atoms with Crippen molar-refractivity contribution in [1.29, 1.82) is 0 Å². The van der Waals surface area contributed by atoms with Gasteiger partial charge >= 0.3 is 0 Å². The summed E-state index contributed by atoms with van der Waals surface area (Å²) in [6.07, 6.45) is 5.26. The van der Waals surface area contributed by atoms with E-state index in [1.165, 1.54) is 29.2 Å². The van der Waals surface area contributed by atoms with Crippen LogP contribution in [-0.2, 0) is 17.6 Å². The van der Waals surface area contributed by atoms with Gasteiger partial charge in [-0.25, -0.2) is 9.37 Å². The number of hydrogen-bond acceptors (Lipinski definition) is 5. The van der Waals surface area contributed by atoms with E-state index in [4.69, 9.17) is 4.98 Å². The van der Waals surface area contributed by atoms with Gasteiger partial charge < -0.3 is 9.80 Å². The number of nitrogens with zero attached hydrogens (tertiary/aromatic N) is 4. The first-order chi connectivity index (χ1) is 17.0. The van der Waals surface area contributed by atoms with E-state index < -0.39 is 0 Å². The highest BCUT2D eigenvalue weighted by atomic mass is 32.1. The lowest BCUT2D eigenvalue weighted by atomic mass is 9.90. The number of aromatic nitrogens is 2. The Bertz CT molecular complexity index is 1060. The quantitative estimate of drug-likeness (QED) is 0.360. The Morgan fingerprint density at radius 2 is 1.83 bits per heavy atom. The molecule has 1 atom stereocenters. The van der Waals surface area contributed by atoms with Crippen LogP contribution in [0.4, 0.5) is 9.52 Å². The Morgan fingerprint density at radius 1 is 1.11 bits per heavy atom. The van der Waals surface area contributed by atoms with Crippen LogP contribution in [0.5, 0.6) is 0 Å². The van der Waals surface area contributed by atoms with Crippen molar-refractivity contribution in [3.8, 4) is 0 Å². The van der Waals surface area contributed by atoms with Crippen molar-refractivity contribution < 1.29 is 9.18 Å². The zero-order valence-electron chi connectivity index (χ0n) is 20.7. The number of halogens is 1. The van der Waals surface area contributed by atoms with Gasteiger partial charge in [-0.3, -0.25) is 4.79 Å². The van der Waals surface area contributed by atoms with Gasteiger partial charge in [0.15, 0.2) is 0 Å². The van der Waals surface area contributed by atoms with Gasteiger partial charge in [-0.2, -0.15) is 4.37 Å². The highest BCUT2D eigenvalue weighted by molar-refractivity contribution is 7.09. The zero-order valence-corrected chi connectivity index (χ0v) is 21.5. The Morgan fingerprint density at radius 3 is 2.51 bits per heavy atom. The maximum absolute atomic E-state index is 13.2. The maximum atomic E-state index is 13.2. The minimum absolute atomic E-state index is 0.229. The van der Waals surface area contributed by atoms with Crippen molar-refractivity contribution in [3.05, 3.63) is 77.4 Å². The summed E-state index contributed by atoms with van der Waals surface area (Å²) in [5.41, 5.74) is 2.37. The largest absolute Gasteiger partial charge is 0.344 e. The van der Waals surface area contributed by atoms with Gasteiger partial charge in [-0.15, -0.1) is 0 Å². The second-order valence-electron chi connectivity index (χ2n) is 9.51. The molecule has 186 valence electrons. The molecule has 0 radical (unpaired) electrons. The molecule has 1 aliphatic rings. The second kappa shape index (κ2) is 12.2. The summed E-state index contributed by atoms with van der Waals surface area (Å²) in [5, 5.41) is 0.853. The number of anilines is 1. The number of carbonyl (C=O) groups excluding carboxylic acids is 1. The Labute approximate surface area is 212 Å². The van der Waals surface area contributed by atoms with Gasteiger partial charge in [-0.05, 0) is 61.8 Å². The molecule has 1 aromatic heterocycles. The van der Waals surface area contributed by atoms with Crippen LogP contribution in [0.1, 0.15) is 56.5 Å². The summed E-state index contributed by atoms with van der Waals surface area (Å²) in [6, 6.07) is 17.4. The topological polar surface area (TPSA) is 49.3 Å². The van der Waals surface area contributed by atoms with E-state index in [1.807, 2.05) is 4.90 Å². The Kier molecular flexibility index (Phi) is 8.85. The van der Waals surface area contributed by atoms with E-state index in [9.17, 15) is 9.18 Å². The van der Waals surface area contributed by atoms with E-state index in [-0.39, 0.29) is 17.8 Å². The maximum Gasteiger partial charge on any atom is 0.224 e. The van der Waals surface area contributed by atoms with Gasteiger partial charge in [-0.1, -0.05) is 49.4 Å². The molecular formula is C28H35FN4OS. The van der Waals surface area contributed by atoms with Gasteiger partial charge in [0.25, 0.3) is 0 Å². The van der Waals surface area contributed by atoms with Crippen LogP contribution in [0.2, 0.25) is 0 Å². The molecule has 0 N–H and O–H groups in total. The molecule has 4 rings (SSSR count). The average Bonchev–Trinajstić information content (AvgIpc) is 3.34. The lowest BCUT2D eigenvalue weighted by Crippen LogP contribution is -2.41. The number of carbonyl (C=O) groups is 1. The molecule has 2 heterocycles. The van der Waals surface area contributed by atoms with Crippen LogP contribution in [0, 0.1) is 11.7 Å². The monoisotopic (exact) mass is 494 g/mol. The molecule has 0 spiro atoms. The standard InChI is InChI=1S/C28H35FN4OS/c1-3-21(2)33(28-30-26(31-35-28)20-23-9-11-25(29)12-10-23)18-15-27(34)32-16-13-24(14-17-32)19-22-7-5-4-6-8-22/h4-12,21,24H,3,13-20H2,1-2H3. The van der Waals surface area contributed by atoms with Gasteiger partial charge in [0, 0.05) is 50.1 Å². The normalized spacial score (nSPS) is 15.2. The average molecular weight is 495 g/mol. The minimum Gasteiger partial charge on any atom is -0.344 e.